The first-order valence-electron chi connectivity index (χ1n) is 13.1. The van der Waals surface area contributed by atoms with Crippen LogP contribution < -0.4 is 15.8 Å². The van der Waals surface area contributed by atoms with Gasteiger partial charge >= 0.3 is 6.55 Å². The number of amides is 2. The smallest absolute Gasteiger partial charge is 0.333 e. The van der Waals surface area contributed by atoms with Gasteiger partial charge in [-0.2, -0.15) is 24.2 Å². The van der Waals surface area contributed by atoms with Crippen LogP contribution >= 0.6 is 0 Å². The number of primary amides is 1. The van der Waals surface area contributed by atoms with Gasteiger partial charge in [-0.25, -0.2) is 14.3 Å². The van der Waals surface area contributed by atoms with Gasteiger partial charge in [0.25, 0.3) is 11.8 Å². The molecule has 0 atom stereocenters. The summed E-state index contributed by atoms with van der Waals surface area (Å²) in [7, 11) is 0. The van der Waals surface area contributed by atoms with Crippen molar-refractivity contribution in [1.29, 1.82) is 5.26 Å². The molecule has 11 nitrogen and oxygen atoms in total. The topological polar surface area (TPSA) is 154 Å². The van der Waals surface area contributed by atoms with E-state index in [9.17, 15) is 23.6 Å². The first-order valence-corrected chi connectivity index (χ1v) is 13.1. The van der Waals surface area contributed by atoms with Gasteiger partial charge in [-0.1, -0.05) is 6.07 Å². The molecule has 13 heteroatoms. The van der Waals surface area contributed by atoms with Crippen molar-refractivity contribution in [1.82, 2.24) is 29.9 Å². The Morgan fingerprint density at radius 1 is 1.20 bits per heavy atom. The lowest BCUT2D eigenvalue weighted by molar-refractivity contribution is 0.0566. The second kappa shape index (κ2) is 11.0. The molecule has 2 amide bonds. The zero-order chi connectivity index (χ0) is 29.3. The van der Waals surface area contributed by atoms with Crippen molar-refractivity contribution in [2.45, 2.75) is 63.8 Å². The van der Waals surface area contributed by atoms with E-state index in [-0.39, 0.29) is 35.2 Å². The predicted molar refractivity (Wildman–Crippen MR) is 144 cm³/mol. The Bertz CT molecular complexity index is 1650. The number of nitrogens with zero attached hydrogens (tertiary/aromatic N) is 6. The van der Waals surface area contributed by atoms with Crippen LogP contribution in [0, 0.1) is 11.3 Å². The fraction of sp³-hybridized carbons (Fsp3) is 0.357. The lowest BCUT2D eigenvalue weighted by Crippen LogP contribution is -2.40. The maximum atomic E-state index is 13.4. The molecule has 0 saturated heterocycles. The van der Waals surface area contributed by atoms with Gasteiger partial charge in [-0.15, -0.1) is 0 Å². The van der Waals surface area contributed by atoms with Crippen LogP contribution in [-0.2, 0) is 5.54 Å². The third-order valence-electron chi connectivity index (χ3n) is 7.16. The minimum atomic E-state index is -2.77. The summed E-state index contributed by atoms with van der Waals surface area (Å²) in [6.07, 6.45) is 6.45. The van der Waals surface area contributed by atoms with Crippen LogP contribution in [0.15, 0.2) is 48.9 Å². The Morgan fingerprint density at radius 2 is 1.95 bits per heavy atom. The molecule has 1 aliphatic rings. The third-order valence-corrected chi connectivity index (χ3v) is 7.16. The Kier molecular flexibility index (Phi) is 7.40. The molecule has 1 aliphatic carbocycles. The second-order valence-corrected chi connectivity index (χ2v) is 10.4. The molecule has 0 unspecified atom stereocenters. The van der Waals surface area contributed by atoms with Crippen molar-refractivity contribution in [3.05, 3.63) is 60.2 Å². The van der Waals surface area contributed by atoms with Crippen LogP contribution in [0.5, 0.6) is 5.88 Å². The van der Waals surface area contributed by atoms with Crippen LogP contribution in [0.3, 0.4) is 0 Å². The number of nitrogens with one attached hydrogen (secondary N) is 1. The van der Waals surface area contributed by atoms with Crippen molar-refractivity contribution in [2.75, 3.05) is 0 Å². The minimum Gasteiger partial charge on any atom is -0.474 e. The molecule has 212 valence electrons. The average Bonchev–Trinajstić information content (AvgIpc) is 3.60. The number of hydrogen-bond acceptors (Lipinski definition) is 7. The second-order valence-electron chi connectivity index (χ2n) is 10.4. The number of carbonyl (C=O) groups is 2. The van der Waals surface area contributed by atoms with Gasteiger partial charge in [0, 0.05) is 29.4 Å². The van der Waals surface area contributed by atoms with Crippen LogP contribution in [0.25, 0.3) is 22.0 Å². The summed E-state index contributed by atoms with van der Waals surface area (Å²) < 4.78 is 34.1. The summed E-state index contributed by atoms with van der Waals surface area (Å²) in [5, 5.41) is 21.6. The van der Waals surface area contributed by atoms with E-state index in [1.807, 2.05) is 0 Å². The molecular weight excluding hydrogens is 534 g/mol. The van der Waals surface area contributed by atoms with Crippen molar-refractivity contribution in [2.24, 2.45) is 5.73 Å². The van der Waals surface area contributed by atoms with Crippen LogP contribution in [0.2, 0.25) is 0 Å². The summed E-state index contributed by atoms with van der Waals surface area (Å²) in [5.41, 5.74) is 6.28. The highest BCUT2D eigenvalue weighted by Crippen LogP contribution is 2.31. The largest absolute Gasteiger partial charge is 0.474 e. The molecule has 41 heavy (non-hydrogen) atoms. The Morgan fingerprint density at radius 3 is 2.61 bits per heavy atom. The number of ether oxygens (including phenoxy) is 1. The van der Waals surface area contributed by atoms with E-state index in [4.69, 9.17) is 10.5 Å². The number of pyridine rings is 1. The molecule has 3 aromatic heterocycles. The number of carbonyl (C=O) groups excluding carboxylic acids is 2. The molecule has 3 heterocycles. The molecular formula is C28H28F2N8O3. The van der Waals surface area contributed by atoms with E-state index in [1.165, 1.54) is 23.3 Å². The molecule has 0 aliphatic heterocycles. The molecule has 4 aromatic rings. The third kappa shape index (κ3) is 5.58. The average molecular weight is 563 g/mol. The van der Waals surface area contributed by atoms with Gasteiger partial charge in [-0.05, 0) is 69.4 Å². The maximum Gasteiger partial charge on any atom is 0.333 e. The van der Waals surface area contributed by atoms with Crippen LogP contribution in [0.4, 0.5) is 8.78 Å². The van der Waals surface area contributed by atoms with E-state index in [0.717, 1.165) is 0 Å². The van der Waals surface area contributed by atoms with Crippen molar-refractivity contribution in [3.8, 4) is 23.1 Å². The van der Waals surface area contributed by atoms with E-state index in [1.54, 1.807) is 44.2 Å². The number of alkyl halides is 2. The number of hydrogen-bond donors (Lipinski definition) is 2. The number of nitrogens with two attached hydrogens (primary N) is 1. The summed E-state index contributed by atoms with van der Waals surface area (Å²) in [6, 6.07) is 10.4. The quantitative estimate of drug-likeness (QED) is 0.327. The summed E-state index contributed by atoms with van der Waals surface area (Å²) >= 11 is 0. The molecule has 1 fully saturated rings. The maximum absolute atomic E-state index is 13.4. The van der Waals surface area contributed by atoms with E-state index in [2.05, 4.69) is 26.6 Å². The molecule has 0 radical (unpaired) electrons. The SMILES string of the molecule is CC(C)(C#N)n1nc(C(=O)NC2CCC(Oc3ncccc3C(N)=O)CC2)c2ccc(-c3cnn(C(F)F)c3)cc21. The van der Waals surface area contributed by atoms with Gasteiger partial charge in [0.05, 0.1) is 17.8 Å². The number of nitriles is 1. The number of aromatic nitrogens is 5. The number of fused-ring (bicyclic) bond motifs is 1. The fourth-order valence-electron chi connectivity index (χ4n) is 4.94. The number of halogens is 2. The summed E-state index contributed by atoms with van der Waals surface area (Å²) in [6.45, 7) is 0.583. The first kappa shape index (κ1) is 27.7. The lowest BCUT2D eigenvalue weighted by atomic mass is 9.92. The Hall–Kier alpha value is -4.86. The van der Waals surface area contributed by atoms with Crippen LogP contribution in [-0.4, -0.2) is 48.5 Å². The van der Waals surface area contributed by atoms with E-state index < -0.39 is 18.0 Å². The van der Waals surface area contributed by atoms with Crippen molar-refractivity contribution in [3.63, 3.8) is 0 Å². The Labute approximate surface area is 233 Å². The predicted octanol–water partition coefficient (Wildman–Crippen LogP) is 4.17. The molecule has 0 bridgehead atoms. The molecule has 1 saturated carbocycles. The van der Waals surface area contributed by atoms with Crippen LogP contribution in [0.1, 0.15) is 66.9 Å². The highest BCUT2D eigenvalue weighted by atomic mass is 19.3. The number of rotatable bonds is 8. The van der Waals surface area contributed by atoms with Gasteiger partial charge in [0.1, 0.15) is 17.2 Å². The van der Waals surface area contributed by atoms with Gasteiger partial charge in [0.15, 0.2) is 5.69 Å². The monoisotopic (exact) mass is 562 g/mol. The molecule has 0 spiro atoms. The minimum absolute atomic E-state index is 0.134. The standard InChI is InChI=1S/C28H28F2N8O3/c1-28(2,15-31)38-22-12-16(17-13-34-37(14-17)27(29)30)5-10-20(22)23(36-38)25(40)35-18-6-8-19(9-7-18)41-26-21(24(32)39)4-3-11-33-26/h3-5,10-14,18-19,27H,6-9H2,1-2H3,(H2,32,39)(H,35,40). The highest BCUT2D eigenvalue weighted by Gasteiger charge is 2.30. The molecule has 3 N–H and O–H groups in total. The van der Waals surface area contributed by atoms with Gasteiger partial charge in [-0.3, -0.25) is 9.59 Å². The fourth-order valence-corrected chi connectivity index (χ4v) is 4.94. The first-order chi connectivity index (χ1) is 19.6. The molecule has 5 rings (SSSR count). The van der Waals surface area contributed by atoms with Crippen molar-refractivity contribution < 1.29 is 23.1 Å². The summed E-state index contributed by atoms with van der Waals surface area (Å²) in [4.78, 5) is 29.2. The zero-order valence-electron chi connectivity index (χ0n) is 22.4. The van der Waals surface area contributed by atoms with E-state index >= 15 is 0 Å². The number of benzene rings is 1. The van der Waals surface area contributed by atoms with E-state index in [0.29, 0.717) is 52.4 Å². The normalized spacial score (nSPS) is 17.4. The van der Waals surface area contributed by atoms with Crippen molar-refractivity contribution >= 4 is 22.7 Å². The highest BCUT2D eigenvalue weighted by molar-refractivity contribution is 6.05. The van der Waals surface area contributed by atoms with Gasteiger partial charge in [0.2, 0.25) is 5.88 Å². The van der Waals surface area contributed by atoms with Gasteiger partial charge < -0.3 is 15.8 Å². The zero-order valence-corrected chi connectivity index (χ0v) is 22.4. The Balaban J connectivity index is 1.34. The molecule has 1 aromatic carbocycles. The lowest BCUT2D eigenvalue weighted by Gasteiger charge is -2.29. The summed E-state index contributed by atoms with van der Waals surface area (Å²) in [5.74, 6) is -0.799.